The van der Waals surface area contributed by atoms with E-state index in [1.165, 1.54) is 0 Å². The molecular weight excluding hydrogens is 190 g/mol. The minimum absolute atomic E-state index is 0.210. The van der Waals surface area contributed by atoms with Gasteiger partial charge in [0.1, 0.15) is 0 Å². The molecular formula is C11H7N3O. The van der Waals surface area contributed by atoms with Gasteiger partial charge in [0.2, 0.25) is 0 Å². The van der Waals surface area contributed by atoms with Gasteiger partial charge in [-0.2, -0.15) is 5.26 Å². The number of aromatic amines is 2. The molecule has 0 saturated heterocycles. The molecule has 1 heterocycles. The molecule has 2 rings (SSSR count). The van der Waals surface area contributed by atoms with Gasteiger partial charge in [0.25, 0.3) is 0 Å². The topological polar surface area (TPSA) is 72.4 Å². The fourth-order valence-electron chi connectivity index (χ4n) is 1.30. The standard InChI is InChI=1S/C11H7N3O/c12-6-2-1-3-8-4-5-9-10(7-8)14-11(15)13-9/h4-5,7H,2H2,(H2,13,14,15). The van der Waals surface area contributed by atoms with Crippen molar-refractivity contribution < 1.29 is 0 Å². The summed E-state index contributed by atoms with van der Waals surface area (Å²) in [4.78, 5) is 16.3. The Labute approximate surface area is 85.6 Å². The fraction of sp³-hybridized carbons (Fsp3) is 0.0909. The molecule has 0 aliphatic heterocycles. The first-order valence-corrected chi connectivity index (χ1v) is 4.37. The van der Waals surface area contributed by atoms with Gasteiger partial charge in [-0.1, -0.05) is 11.8 Å². The van der Waals surface area contributed by atoms with Crippen molar-refractivity contribution in [3.63, 3.8) is 0 Å². The van der Waals surface area contributed by atoms with Crippen molar-refractivity contribution in [2.45, 2.75) is 6.42 Å². The molecule has 72 valence electrons. The Hall–Kier alpha value is -2.46. The Morgan fingerprint density at radius 2 is 2.07 bits per heavy atom. The van der Waals surface area contributed by atoms with Crippen molar-refractivity contribution >= 4 is 11.0 Å². The number of hydrogen-bond donors (Lipinski definition) is 2. The molecule has 4 heteroatoms. The number of hydrogen-bond acceptors (Lipinski definition) is 2. The second-order valence-electron chi connectivity index (χ2n) is 2.98. The van der Waals surface area contributed by atoms with E-state index in [0.29, 0.717) is 0 Å². The number of nitrogens with one attached hydrogen (secondary N) is 2. The van der Waals surface area contributed by atoms with Crippen LogP contribution in [0.4, 0.5) is 0 Å². The van der Waals surface area contributed by atoms with Gasteiger partial charge in [0, 0.05) is 5.56 Å². The quantitative estimate of drug-likeness (QED) is 0.621. The zero-order chi connectivity index (χ0) is 10.7. The lowest BCUT2D eigenvalue weighted by Gasteiger charge is -1.89. The van der Waals surface area contributed by atoms with Crippen LogP contribution in [0.5, 0.6) is 0 Å². The SMILES string of the molecule is N#CCC#Cc1ccc2[nH]c(=O)[nH]c2c1. The van der Waals surface area contributed by atoms with Crippen molar-refractivity contribution in [3.05, 3.63) is 34.2 Å². The third-order valence-electron chi connectivity index (χ3n) is 1.92. The Kier molecular flexibility index (Phi) is 2.26. The van der Waals surface area contributed by atoms with Gasteiger partial charge in [-0.15, -0.1) is 0 Å². The third kappa shape index (κ3) is 1.90. The third-order valence-corrected chi connectivity index (χ3v) is 1.92. The van der Waals surface area contributed by atoms with E-state index in [-0.39, 0.29) is 12.1 Å². The molecule has 0 aliphatic carbocycles. The van der Waals surface area contributed by atoms with Crippen molar-refractivity contribution in [2.24, 2.45) is 0 Å². The summed E-state index contributed by atoms with van der Waals surface area (Å²) in [5.41, 5.74) is 2.04. The normalized spacial score (nSPS) is 9.27. The zero-order valence-corrected chi connectivity index (χ0v) is 7.79. The monoisotopic (exact) mass is 197 g/mol. The summed E-state index contributed by atoms with van der Waals surface area (Å²) in [5.74, 6) is 5.55. The summed E-state index contributed by atoms with van der Waals surface area (Å²) < 4.78 is 0. The van der Waals surface area contributed by atoms with E-state index in [9.17, 15) is 4.79 Å². The average Bonchev–Trinajstić information content (AvgIpc) is 2.57. The largest absolute Gasteiger partial charge is 0.323 e. The number of imidazole rings is 1. The molecule has 0 atom stereocenters. The van der Waals surface area contributed by atoms with Gasteiger partial charge in [-0.25, -0.2) is 4.79 Å². The molecule has 0 fully saturated rings. The lowest BCUT2D eigenvalue weighted by molar-refractivity contribution is 1.21. The lowest BCUT2D eigenvalue weighted by Crippen LogP contribution is -1.99. The fourth-order valence-corrected chi connectivity index (χ4v) is 1.30. The maximum Gasteiger partial charge on any atom is 0.323 e. The smallest absolute Gasteiger partial charge is 0.306 e. The number of fused-ring (bicyclic) bond motifs is 1. The van der Waals surface area contributed by atoms with Crippen LogP contribution in [0.25, 0.3) is 11.0 Å². The number of aromatic nitrogens is 2. The summed E-state index contributed by atoms with van der Waals surface area (Å²) in [6, 6.07) is 7.30. The molecule has 2 N–H and O–H groups in total. The van der Waals surface area contributed by atoms with E-state index in [0.717, 1.165) is 16.6 Å². The molecule has 0 unspecified atom stereocenters. The van der Waals surface area contributed by atoms with Crippen LogP contribution in [0.15, 0.2) is 23.0 Å². The van der Waals surface area contributed by atoms with E-state index >= 15 is 0 Å². The van der Waals surface area contributed by atoms with E-state index < -0.39 is 0 Å². The highest BCUT2D eigenvalue weighted by atomic mass is 16.1. The molecule has 0 saturated carbocycles. The zero-order valence-electron chi connectivity index (χ0n) is 7.79. The first kappa shape index (κ1) is 9.11. The predicted octanol–water partition coefficient (Wildman–Crippen LogP) is 1.12. The summed E-state index contributed by atoms with van der Waals surface area (Å²) >= 11 is 0. The van der Waals surface area contributed by atoms with Crippen molar-refractivity contribution in [1.29, 1.82) is 5.26 Å². The summed E-state index contributed by atoms with van der Waals surface area (Å²) in [6.45, 7) is 0. The van der Waals surface area contributed by atoms with Crippen LogP contribution in [0, 0.1) is 23.2 Å². The van der Waals surface area contributed by atoms with Crippen LogP contribution in [-0.2, 0) is 0 Å². The van der Waals surface area contributed by atoms with Gasteiger partial charge in [-0.05, 0) is 18.2 Å². The number of nitriles is 1. The maximum absolute atomic E-state index is 11.0. The summed E-state index contributed by atoms with van der Waals surface area (Å²) in [6.07, 6.45) is 0.210. The van der Waals surface area contributed by atoms with E-state index in [1.807, 2.05) is 6.07 Å². The van der Waals surface area contributed by atoms with Gasteiger partial charge in [-0.3, -0.25) is 0 Å². The molecule has 0 radical (unpaired) electrons. The van der Waals surface area contributed by atoms with E-state index in [2.05, 4.69) is 21.8 Å². The van der Waals surface area contributed by atoms with Crippen LogP contribution in [0.3, 0.4) is 0 Å². The van der Waals surface area contributed by atoms with Crippen LogP contribution in [0.1, 0.15) is 12.0 Å². The lowest BCUT2D eigenvalue weighted by atomic mass is 10.2. The number of rotatable bonds is 0. The van der Waals surface area contributed by atoms with E-state index in [1.54, 1.807) is 18.2 Å². The molecule has 15 heavy (non-hydrogen) atoms. The minimum atomic E-state index is -0.230. The van der Waals surface area contributed by atoms with Gasteiger partial charge in [0.05, 0.1) is 23.5 Å². The Bertz CT molecular complexity index is 646. The molecule has 1 aromatic carbocycles. The van der Waals surface area contributed by atoms with Crippen LogP contribution >= 0.6 is 0 Å². The second-order valence-corrected chi connectivity index (χ2v) is 2.98. The number of benzene rings is 1. The number of nitrogens with zero attached hydrogens (tertiary/aromatic N) is 1. The van der Waals surface area contributed by atoms with Crippen molar-refractivity contribution in [2.75, 3.05) is 0 Å². The molecule has 0 bridgehead atoms. The van der Waals surface area contributed by atoms with Gasteiger partial charge >= 0.3 is 5.69 Å². The minimum Gasteiger partial charge on any atom is -0.306 e. The molecule has 0 spiro atoms. The molecule has 0 amide bonds. The van der Waals surface area contributed by atoms with Crippen molar-refractivity contribution in [1.82, 2.24) is 9.97 Å². The predicted molar refractivity (Wildman–Crippen MR) is 56.0 cm³/mol. The molecule has 1 aromatic heterocycles. The first-order chi connectivity index (χ1) is 7.29. The van der Waals surface area contributed by atoms with Gasteiger partial charge < -0.3 is 9.97 Å². The number of H-pyrrole nitrogens is 2. The Balaban J connectivity index is 2.44. The molecule has 2 aromatic rings. The first-order valence-electron chi connectivity index (χ1n) is 4.37. The Morgan fingerprint density at radius 1 is 1.27 bits per heavy atom. The highest BCUT2D eigenvalue weighted by Crippen LogP contribution is 2.08. The molecule has 4 nitrogen and oxygen atoms in total. The van der Waals surface area contributed by atoms with Crippen molar-refractivity contribution in [3.8, 4) is 17.9 Å². The maximum atomic E-state index is 11.0. The van der Waals surface area contributed by atoms with Gasteiger partial charge in [0.15, 0.2) is 0 Å². The summed E-state index contributed by atoms with van der Waals surface area (Å²) in [7, 11) is 0. The van der Waals surface area contributed by atoms with E-state index in [4.69, 9.17) is 5.26 Å². The molecule has 0 aliphatic rings. The highest BCUT2D eigenvalue weighted by Gasteiger charge is 1.97. The average molecular weight is 197 g/mol. The van der Waals surface area contributed by atoms with Crippen LogP contribution < -0.4 is 5.69 Å². The van der Waals surface area contributed by atoms with Crippen LogP contribution in [0.2, 0.25) is 0 Å². The second kappa shape index (κ2) is 3.73. The van der Waals surface area contributed by atoms with Crippen LogP contribution in [-0.4, -0.2) is 9.97 Å². The summed E-state index contributed by atoms with van der Waals surface area (Å²) in [5, 5.41) is 8.31. The Morgan fingerprint density at radius 3 is 2.87 bits per heavy atom. The highest BCUT2D eigenvalue weighted by molar-refractivity contribution is 5.76.